The van der Waals surface area contributed by atoms with Gasteiger partial charge in [-0.05, 0) is 37.1 Å². The Morgan fingerprint density at radius 2 is 1.88 bits per heavy atom. The molecule has 0 spiro atoms. The number of rotatable bonds is 2. The highest BCUT2D eigenvalue weighted by Crippen LogP contribution is 2.25. The number of hydrogen-bond acceptors (Lipinski definition) is 2. The molecule has 1 aliphatic heterocycles. The number of carbonyl (C=O) groups excluding carboxylic acids is 1. The number of benzene rings is 1. The van der Waals surface area contributed by atoms with Gasteiger partial charge in [0.2, 0.25) is 0 Å². The number of aliphatic hydroxyl groups excluding tert-OH is 1. The Balaban J connectivity index is 2.16. The van der Waals surface area contributed by atoms with E-state index in [0.717, 1.165) is 5.56 Å². The fourth-order valence-electron chi connectivity index (χ4n) is 1.87. The van der Waals surface area contributed by atoms with Crippen LogP contribution < -0.4 is 0 Å². The van der Waals surface area contributed by atoms with E-state index >= 15 is 0 Å². The molecule has 1 N–H and O–H groups in total. The van der Waals surface area contributed by atoms with E-state index < -0.39 is 6.23 Å². The average Bonchev–Trinajstić information content (AvgIpc) is 2.50. The first kappa shape index (κ1) is 11.8. The minimum atomic E-state index is -0.868. The molecule has 1 aromatic rings. The molecule has 0 radical (unpaired) electrons. The van der Waals surface area contributed by atoms with Crippen LogP contribution in [0.15, 0.2) is 35.4 Å². The van der Waals surface area contributed by atoms with E-state index in [0.29, 0.717) is 11.1 Å². The predicted octanol–water partition coefficient (Wildman–Crippen LogP) is 1.82. The number of aliphatic hydroxyl groups is 1. The maximum absolute atomic E-state index is 12.7. The zero-order valence-corrected chi connectivity index (χ0v) is 9.77. The Hall–Kier alpha value is -1.68. The van der Waals surface area contributed by atoms with Crippen molar-refractivity contribution < 1.29 is 14.3 Å². The molecule has 4 heteroatoms. The third-order valence-electron chi connectivity index (χ3n) is 3.12. The summed E-state index contributed by atoms with van der Waals surface area (Å²) in [4.78, 5) is 13.2. The van der Waals surface area contributed by atoms with Crippen molar-refractivity contribution >= 4 is 5.91 Å². The summed E-state index contributed by atoms with van der Waals surface area (Å²) in [5, 5.41) is 9.89. The molecule has 0 fully saturated rings. The third kappa shape index (κ3) is 2.08. The van der Waals surface area contributed by atoms with E-state index in [-0.39, 0.29) is 18.3 Å². The maximum Gasteiger partial charge on any atom is 0.252 e. The van der Waals surface area contributed by atoms with Gasteiger partial charge < -0.3 is 10.0 Å². The van der Waals surface area contributed by atoms with Crippen molar-refractivity contribution in [2.24, 2.45) is 0 Å². The number of nitrogens with zero attached hydrogens (tertiary/aromatic N) is 1. The molecule has 0 unspecified atom stereocenters. The maximum atomic E-state index is 12.7. The number of amides is 1. The molecule has 1 amide bonds. The second kappa shape index (κ2) is 4.30. The zero-order valence-electron chi connectivity index (χ0n) is 9.77. The van der Waals surface area contributed by atoms with Gasteiger partial charge in [-0.1, -0.05) is 12.1 Å². The van der Waals surface area contributed by atoms with E-state index in [9.17, 15) is 14.3 Å². The van der Waals surface area contributed by atoms with E-state index in [1.54, 1.807) is 26.0 Å². The molecule has 2 rings (SSSR count). The van der Waals surface area contributed by atoms with Crippen molar-refractivity contribution in [3.05, 3.63) is 46.8 Å². The first-order valence-electron chi connectivity index (χ1n) is 5.41. The van der Waals surface area contributed by atoms with Gasteiger partial charge in [-0.25, -0.2) is 4.39 Å². The van der Waals surface area contributed by atoms with Gasteiger partial charge in [0.25, 0.3) is 5.91 Å². The molecule has 0 aliphatic carbocycles. The SMILES string of the molecule is CC1=C(C)[C@@H](O)N(Cc2ccc(F)cc2)C1=O. The lowest BCUT2D eigenvalue weighted by atomic mass is 10.2. The molecule has 1 heterocycles. The monoisotopic (exact) mass is 235 g/mol. The number of hydrogen-bond donors (Lipinski definition) is 1. The van der Waals surface area contributed by atoms with Crippen LogP contribution in [-0.4, -0.2) is 22.1 Å². The summed E-state index contributed by atoms with van der Waals surface area (Å²) < 4.78 is 12.7. The highest BCUT2D eigenvalue weighted by atomic mass is 19.1. The van der Waals surface area contributed by atoms with E-state index in [4.69, 9.17) is 0 Å². The molecule has 1 aliphatic rings. The van der Waals surface area contributed by atoms with Crippen LogP contribution in [0.2, 0.25) is 0 Å². The Bertz CT molecular complexity index is 479. The van der Waals surface area contributed by atoms with Crippen LogP contribution in [0, 0.1) is 5.82 Å². The second-order valence-corrected chi connectivity index (χ2v) is 4.24. The number of halogens is 1. The molecule has 1 aromatic carbocycles. The van der Waals surface area contributed by atoms with Gasteiger partial charge in [0, 0.05) is 12.1 Å². The Morgan fingerprint density at radius 1 is 1.29 bits per heavy atom. The fraction of sp³-hybridized carbons (Fsp3) is 0.308. The smallest absolute Gasteiger partial charge is 0.252 e. The van der Waals surface area contributed by atoms with Crippen molar-refractivity contribution in [1.82, 2.24) is 4.90 Å². The molecular weight excluding hydrogens is 221 g/mol. The molecule has 17 heavy (non-hydrogen) atoms. The van der Waals surface area contributed by atoms with E-state index in [1.807, 2.05) is 0 Å². The molecule has 0 bridgehead atoms. The Labute approximate surface area is 99.2 Å². The molecule has 0 saturated carbocycles. The van der Waals surface area contributed by atoms with Crippen LogP contribution in [0.25, 0.3) is 0 Å². The lowest BCUT2D eigenvalue weighted by Gasteiger charge is -2.22. The van der Waals surface area contributed by atoms with E-state index in [2.05, 4.69) is 0 Å². The van der Waals surface area contributed by atoms with Crippen molar-refractivity contribution in [3.63, 3.8) is 0 Å². The molecule has 0 saturated heterocycles. The molecule has 0 aromatic heterocycles. The summed E-state index contributed by atoms with van der Waals surface area (Å²) >= 11 is 0. The largest absolute Gasteiger partial charge is 0.369 e. The lowest BCUT2D eigenvalue weighted by Crippen LogP contribution is -2.34. The van der Waals surface area contributed by atoms with Crippen LogP contribution in [0.5, 0.6) is 0 Å². The molecule has 90 valence electrons. The lowest BCUT2D eigenvalue weighted by molar-refractivity contribution is -0.132. The van der Waals surface area contributed by atoms with Crippen molar-refractivity contribution in [3.8, 4) is 0 Å². The van der Waals surface area contributed by atoms with E-state index in [1.165, 1.54) is 17.0 Å². The zero-order chi connectivity index (χ0) is 12.6. The Morgan fingerprint density at radius 3 is 2.35 bits per heavy atom. The molecule has 3 nitrogen and oxygen atoms in total. The summed E-state index contributed by atoms with van der Waals surface area (Å²) in [6.45, 7) is 3.73. The van der Waals surface area contributed by atoms with Gasteiger partial charge in [0.15, 0.2) is 6.23 Å². The van der Waals surface area contributed by atoms with Gasteiger partial charge in [0.05, 0.1) is 0 Å². The fourth-order valence-corrected chi connectivity index (χ4v) is 1.87. The minimum Gasteiger partial charge on any atom is -0.369 e. The Kier molecular flexibility index (Phi) is 2.98. The molecule has 1 atom stereocenters. The summed E-state index contributed by atoms with van der Waals surface area (Å²) in [5.41, 5.74) is 2.05. The van der Waals surface area contributed by atoms with Crippen LogP contribution in [0.4, 0.5) is 4.39 Å². The average molecular weight is 235 g/mol. The normalized spacial score (nSPS) is 20.4. The topological polar surface area (TPSA) is 40.5 Å². The third-order valence-corrected chi connectivity index (χ3v) is 3.12. The first-order valence-corrected chi connectivity index (χ1v) is 5.41. The van der Waals surface area contributed by atoms with Gasteiger partial charge >= 0.3 is 0 Å². The second-order valence-electron chi connectivity index (χ2n) is 4.24. The molecular formula is C13H14FNO2. The van der Waals surface area contributed by atoms with Gasteiger partial charge in [0.1, 0.15) is 5.82 Å². The summed E-state index contributed by atoms with van der Waals surface area (Å²) in [6, 6.07) is 5.90. The van der Waals surface area contributed by atoms with Gasteiger partial charge in [-0.15, -0.1) is 0 Å². The standard InChI is InChI=1S/C13H14FNO2/c1-8-9(2)13(17)15(12(8)16)7-10-3-5-11(14)6-4-10/h3-6,12,16H,7H2,1-2H3/t12-/m1/s1. The van der Waals surface area contributed by atoms with Crippen molar-refractivity contribution in [2.75, 3.05) is 0 Å². The van der Waals surface area contributed by atoms with Gasteiger partial charge in [-0.3, -0.25) is 4.79 Å². The summed E-state index contributed by atoms with van der Waals surface area (Å²) in [7, 11) is 0. The first-order chi connectivity index (χ1) is 8.00. The highest BCUT2D eigenvalue weighted by Gasteiger charge is 2.32. The van der Waals surface area contributed by atoms with Crippen LogP contribution in [0.3, 0.4) is 0 Å². The van der Waals surface area contributed by atoms with Gasteiger partial charge in [-0.2, -0.15) is 0 Å². The summed E-state index contributed by atoms with van der Waals surface area (Å²) in [5.74, 6) is -0.480. The van der Waals surface area contributed by atoms with Crippen molar-refractivity contribution in [1.29, 1.82) is 0 Å². The van der Waals surface area contributed by atoms with Crippen LogP contribution >= 0.6 is 0 Å². The quantitative estimate of drug-likeness (QED) is 0.849. The highest BCUT2D eigenvalue weighted by molar-refractivity contribution is 5.96. The van der Waals surface area contributed by atoms with Crippen molar-refractivity contribution in [2.45, 2.75) is 26.6 Å². The predicted molar refractivity (Wildman–Crippen MR) is 61.3 cm³/mol. The van der Waals surface area contributed by atoms with Crippen LogP contribution in [-0.2, 0) is 11.3 Å². The minimum absolute atomic E-state index is 0.167. The number of carbonyl (C=O) groups is 1. The van der Waals surface area contributed by atoms with Crippen LogP contribution in [0.1, 0.15) is 19.4 Å². The summed E-state index contributed by atoms with van der Waals surface area (Å²) in [6.07, 6.45) is -0.868.